The molecule has 0 heterocycles. The minimum atomic E-state index is -3.21. The normalized spacial score (nSPS) is 10.7. The van der Waals surface area contributed by atoms with E-state index in [1.807, 2.05) is 0 Å². The molecular weight excluding hydrogens is 246 g/mol. The maximum absolute atomic E-state index is 12.0. The zero-order valence-electron chi connectivity index (χ0n) is 8.20. The Balaban J connectivity index is 3.17. The number of amides is 1. The average molecular weight is 253 g/mol. The van der Waals surface area contributed by atoms with Crippen molar-refractivity contribution in [1.82, 2.24) is 0 Å². The smallest absolute Gasteiger partial charge is 0.387 e. The van der Waals surface area contributed by atoms with Gasteiger partial charge in [0.1, 0.15) is 17.1 Å². The Morgan fingerprint density at radius 1 is 1.06 bits per heavy atom. The molecular formula is C9H7F4NO3. The first kappa shape index (κ1) is 13.1. The molecule has 0 aliphatic rings. The molecule has 1 rings (SSSR count). The molecule has 8 heteroatoms. The van der Waals surface area contributed by atoms with E-state index < -0.39 is 36.2 Å². The van der Waals surface area contributed by atoms with Gasteiger partial charge >= 0.3 is 13.2 Å². The van der Waals surface area contributed by atoms with E-state index in [0.717, 1.165) is 18.2 Å². The van der Waals surface area contributed by atoms with Crippen LogP contribution in [-0.2, 0) is 0 Å². The lowest BCUT2D eigenvalue weighted by atomic mass is 10.1. The highest BCUT2D eigenvalue weighted by atomic mass is 19.3. The monoisotopic (exact) mass is 253 g/mol. The van der Waals surface area contributed by atoms with E-state index in [-0.39, 0.29) is 0 Å². The fourth-order valence-corrected chi connectivity index (χ4v) is 1.14. The molecule has 0 bridgehead atoms. The minimum absolute atomic E-state index is 0.620. The van der Waals surface area contributed by atoms with Crippen LogP contribution >= 0.6 is 0 Å². The van der Waals surface area contributed by atoms with Crippen molar-refractivity contribution in [3.05, 3.63) is 23.8 Å². The Bertz CT molecular complexity index is 383. The number of primary amides is 1. The van der Waals surface area contributed by atoms with Crippen LogP contribution in [0.5, 0.6) is 11.5 Å². The largest absolute Gasteiger partial charge is 0.434 e. The third-order valence-corrected chi connectivity index (χ3v) is 1.67. The first-order valence-corrected chi connectivity index (χ1v) is 4.24. The van der Waals surface area contributed by atoms with Gasteiger partial charge < -0.3 is 15.2 Å². The molecule has 0 aliphatic carbocycles. The van der Waals surface area contributed by atoms with Gasteiger partial charge in [0, 0.05) is 0 Å². The lowest BCUT2D eigenvalue weighted by Gasteiger charge is -2.12. The number of ether oxygens (including phenoxy) is 2. The van der Waals surface area contributed by atoms with Gasteiger partial charge in [0.05, 0.1) is 0 Å². The van der Waals surface area contributed by atoms with Crippen LogP contribution in [0.15, 0.2) is 18.2 Å². The van der Waals surface area contributed by atoms with Crippen LogP contribution in [0.4, 0.5) is 17.6 Å². The van der Waals surface area contributed by atoms with Gasteiger partial charge in [-0.3, -0.25) is 4.79 Å². The van der Waals surface area contributed by atoms with Crippen molar-refractivity contribution in [3.63, 3.8) is 0 Å². The van der Waals surface area contributed by atoms with E-state index >= 15 is 0 Å². The number of hydrogen-bond acceptors (Lipinski definition) is 3. The van der Waals surface area contributed by atoms with Crippen molar-refractivity contribution in [2.75, 3.05) is 0 Å². The van der Waals surface area contributed by atoms with Crippen molar-refractivity contribution in [3.8, 4) is 11.5 Å². The summed E-state index contributed by atoms with van der Waals surface area (Å²) in [6.45, 7) is -6.43. The molecule has 94 valence electrons. The number of alkyl halides is 4. The van der Waals surface area contributed by atoms with Crippen LogP contribution in [0, 0.1) is 0 Å². The molecule has 2 N–H and O–H groups in total. The number of hydrogen-bond donors (Lipinski definition) is 1. The van der Waals surface area contributed by atoms with Gasteiger partial charge in [0.15, 0.2) is 0 Å². The van der Waals surface area contributed by atoms with E-state index in [1.165, 1.54) is 0 Å². The predicted molar refractivity (Wildman–Crippen MR) is 48.2 cm³/mol. The first-order chi connectivity index (χ1) is 7.91. The van der Waals surface area contributed by atoms with E-state index in [9.17, 15) is 22.4 Å². The molecule has 0 saturated carbocycles. The Hall–Kier alpha value is -1.99. The summed E-state index contributed by atoms with van der Waals surface area (Å²) in [6, 6.07) is 3.09. The van der Waals surface area contributed by atoms with Crippen LogP contribution in [0.3, 0.4) is 0 Å². The predicted octanol–water partition coefficient (Wildman–Crippen LogP) is 1.99. The standard InChI is InChI=1S/C9H7F4NO3/c10-8(11)16-4-2-1-3-5(17-9(12)13)6(4)7(14)15/h1-3,8-9H,(H2,14,15). The van der Waals surface area contributed by atoms with Crippen molar-refractivity contribution < 1.29 is 31.8 Å². The van der Waals surface area contributed by atoms with E-state index in [0.29, 0.717) is 0 Å². The number of benzene rings is 1. The third-order valence-electron chi connectivity index (χ3n) is 1.67. The molecule has 0 atom stereocenters. The van der Waals surface area contributed by atoms with Gasteiger partial charge in [-0.2, -0.15) is 17.6 Å². The fourth-order valence-electron chi connectivity index (χ4n) is 1.14. The summed E-state index contributed by atoms with van der Waals surface area (Å²) in [5.41, 5.74) is 4.22. The molecule has 0 spiro atoms. The van der Waals surface area contributed by atoms with Crippen molar-refractivity contribution in [2.45, 2.75) is 13.2 Å². The van der Waals surface area contributed by atoms with Gasteiger partial charge in [0.25, 0.3) is 5.91 Å². The zero-order valence-corrected chi connectivity index (χ0v) is 8.20. The topological polar surface area (TPSA) is 61.6 Å². The van der Waals surface area contributed by atoms with Crippen LogP contribution in [0.25, 0.3) is 0 Å². The molecule has 0 aromatic heterocycles. The third kappa shape index (κ3) is 3.51. The van der Waals surface area contributed by atoms with Crippen LogP contribution in [0.1, 0.15) is 10.4 Å². The highest BCUT2D eigenvalue weighted by Gasteiger charge is 2.20. The maximum atomic E-state index is 12.0. The Morgan fingerprint density at radius 2 is 1.47 bits per heavy atom. The maximum Gasteiger partial charge on any atom is 0.387 e. The summed E-state index contributed by atoms with van der Waals surface area (Å²) in [7, 11) is 0. The molecule has 0 fully saturated rings. The molecule has 1 aromatic rings. The number of carbonyl (C=O) groups excluding carboxylic acids is 1. The molecule has 0 aliphatic heterocycles. The molecule has 1 amide bonds. The summed E-state index contributed by atoms with van der Waals surface area (Å²) < 4.78 is 55.9. The van der Waals surface area contributed by atoms with E-state index in [2.05, 4.69) is 9.47 Å². The van der Waals surface area contributed by atoms with Gasteiger partial charge in [0.2, 0.25) is 0 Å². The highest BCUT2D eigenvalue weighted by molar-refractivity contribution is 5.98. The van der Waals surface area contributed by atoms with E-state index in [4.69, 9.17) is 5.73 Å². The van der Waals surface area contributed by atoms with E-state index in [1.54, 1.807) is 0 Å². The lowest BCUT2D eigenvalue weighted by molar-refractivity contribution is -0.0548. The van der Waals surface area contributed by atoms with Gasteiger partial charge in [-0.05, 0) is 12.1 Å². The molecule has 1 aromatic carbocycles. The van der Waals surface area contributed by atoms with Crippen LogP contribution in [0.2, 0.25) is 0 Å². The molecule has 4 nitrogen and oxygen atoms in total. The minimum Gasteiger partial charge on any atom is -0.434 e. The van der Waals surface area contributed by atoms with Crippen LogP contribution < -0.4 is 15.2 Å². The Morgan fingerprint density at radius 3 is 1.76 bits per heavy atom. The second-order valence-electron chi connectivity index (χ2n) is 2.75. The Labute approximate surface area is 92.9 Å². The summed E-state index contributed by atoms with van der Waals surface area (Å²) >= 11 is 0. The van der Waals surface area contributed by atoms with Crippen molar-refractivity contribution in [1.29, 1.82) is 0 Å². The second-order valence-corrected chi connectivity index (χ2v) is 2.75. The SMILES string of the molecule is NC(=O)c1c(OC(F)F)cccc1OC(F)F. The fraction of sp³-hybridized carbons (Fsp3) is 0.222. The van der Waals surface area contributed by atoms with Crippen LogP contribution in [-0.4, -0.2) is 19.1 Å². The van der Waals surface area contributed by atoms with Gasteiger partial charge in [-0.25, -0.2) is 0 Å². The zero-order chi connectivity index (χ0) is 13.0. The van der Waals surface area contributed by atoms with Crippen molar-refractivity contribution >= 4 is 5.91 Å². The number of nitrogens with two attached hydrogens (primary N) is 1. The molecule has 0 saturated heterocycles. The average Bonchev–Trinajstić information content (AvgIpc) is 2.14. The quantitative estimate of drug-likeness (QED) is 0.816. The number of halogens is 4. The first-order valence-electron chi connectivity index (χ1n) is 4.24. The molecule has 0 radical (unpaired) electrons. The summed E-state index contributed by atoms with van der Waals surface area (Å²) in [4.78, 5) is 11.0. The second kappa shape index (κ2) is 5.37. The Kier molecular flexibility index (Phi) is 4.13. The molecule has 0 unspecified atom stereocenters. The number of rotatable bonds is 5. The summed E-state index contributed by atoms with van der Waals surface area (Å²) in [5, 5.41) is 0. The summed E-state index contributed by atoms with van der Waals surface area (Å²) in [6.07, 6.45) is 0. The number of carbonyl (C=O) groups is 1. The summed E-state index contributed by atoms with van der Waals surface area (Å²) in [5.74, 6) is -2.45. The lowest BCUT2D eigenvalue weighted by Crippen LogP contribution is -2.17. The van der Waals surface area contributed by atoms with Gasteiger partial charge in [-0.15, -0.1) is 0 Å². The van der Waals surface area contributed by atoms with Crippen molar-refractivity contribution in [2.24, 2.45) is 5.73 Å². The molecule has 17 heavy (non-hydrogen) atoms. The highest BCUT2D eigenvalue weighted by Crippen LogP contribution is 2.30. The van der Waals surface area contributed by atoms with Gasteiger partial charge in [-0.1, -0.05) is 6.07 Å².